The number of ether oxygens (including phenoxy) is 1. The first-order chi connectivity index (χ1) is 11.8. The molecule has 3 aliphatic rings. The van der Waals surface area contributed by atoms with E-state index < -0.39 is 0 Å². The van der Waals surface area contributed by atoms with E-state index in [1.807, 2.05) is 6.33 Å². The molecule has 3 fully saturated rings. The van der Waals surface area contributed by atoms with Crippen LogP contribution in [0.15, 0.2) is 30.6 Å². The summed E-state index contributed by atoms with van der Waals surface area (Å²) in [6, 6.07) is 9.75. The number of rotatable bonds is 3. The van der Waals surface area contributed by atoms with E-state index in [0.717, 1.165) is 38.3 Å². The maximum atomic E-state index is 6.32. The van der Waals surface area contributed by atoms with Crippen molar-refractivity contribution in [3.8, 4) is 0 Å². The van der Waals surface area contributed by atoms with Crippen LogP contribution in [0.25, 0.3) is 11.0 Å². The van der Waals surface area contributed by atoms with Gasteiger partial charge >= 0.3 is 0 Å². The summed E-state index contributed by atoms with van der Waals surface area (Å²) in [6.45, 7) is 5.10. The number of fused-ring (bicyclic) bond motifs is 3. The Morgan fingerprint density at radius 3 is 2.69 bits per heavy atom. The summed E-state index contributed by atoms with van der Waals surface area (Å²) in [4.78, 5) is 7.11. The SMILES string of the molecule is Cl.Cl.c1ccc2c(c1)ncn2CCN1CCOC2(C[C@H]3CC[C@@H](C2)N3)C1. The molecule has 144 valence electrons. The molecule has 3 aliphatic heterocycles. The van der Waals surface area contributed by atoms with Crippen molar-refractivity contribution in [2.45, 2.75) is 49.9 Å². The normalized spacial score (nSPS) is 30.9. The van der Waals surface area contributed by atoms with Crippen molar-refractivity contribution in [3.05, 3.63) is 30.6 Å². The van der Waals surface area contributed by atoms with E-state index in [4.69, 9.17) is 4.74 Å². The standard InChI is InChI=1S/C19H26N4O.2ClH/c1-2-4-18-17(3-1)20-14-23(18)8-7-22-9-10-24-19(13-22)11-15-5-6-16(12-19)21-15;;/h1-4,14-16,21H,5-13H2;2*1H/t15-,16+,19?;;. The molecule has 1 N–H and O–H groups in total. The third-order valence-corrected chi connectivity index (χ3v) is 6.08. The highest BCUT2D eigenvalue weighted by molar-refractivity contribution is 5.85. The zero-order chi connectivity index (χ0) is 16.0. The van der Waals surface area contributed by atoms with Crippen LogP contribution < -0.4 is 5.32 Å². The van der Waals surface area contributed by atoms with Gasteiger partial charge in [-0.15, -0.1) is 24.8 Å². The molecule has 5 rings (SSSR count). The van der Waals surface area contributed by atoms with E-state index in [-0.39, 0.29) is 30.4 Å². The summed E-state index contributed by atoms with van der Waals surface area (Å²) in [5, 5.41) is 3.74. The molecule has 2 bridgehead atoms. The highest BCUT2D eigenvalue weighted by Crippen LogP contribution is 2.38. The number of nitrogens with zero attached hydrogens (tertiary/aromatic N) is 3. The Balaban J connectivity index is 0.000000980. The predicted octanol–water partition coefficient (Wildman–Crippen LogP) is 2.87. The van der Waals surface area contributed by atoms with Gasteiger partial charge in [0.05, 0.1) is 29.6 Å². The molecule has 0 aliphatic carbocycles. The number of morpholine rings is 1. The molecule has 2 aromatic rings. The minimum Gasteiger partial charge on any atom is -0.372 e. The van der Waals surface area contributed by atoms with Gasteiger partial charge in [-0.3, -0.25) is 4.90 Å². The first-order valence-electron chi connectivity index (χ1n) is 9.32. The fourth-order valence-electron chi connectivity index (χ4n) is 5.00. The molecule has 1 spiro atoms. The van der Waals surface area contributed by atoms with Gasteiger partial charge in [0.1, 0.15) is 0 Å². The lowest BCUT2D eigenvalue weighted by Gasteiger charge is -2.47. The van der Waals surface area contributed by atoms with Crippen molar-refractivity contribution in [2.75, 3.05) is 26.2 Å². The molecule has 5 nitrogen and oxygen atoms in total. The second-order valence-corrected chi connectivity index (χ2v) is 7.78. The van der Waals surface area contributed by atoms with Crippen molar-refractivity contribution in [2.24, 2.45) is 0 Å². The molecule has 1 aromatic heterocycles. The van der Waals surface area contributed by atoms with Crippen LogP contribution >= 0.6 is 24.8 Å². The van der Waals surface area contributed by atoms with Crippen molar-refractivity contribution >= 4 is 35.8 Å². The Morgan fingerprint density at radius 1 is 1.12 bits per heavy atom. The topological polar surface area (TPSA) is 42.3 Å². The number of piperidine rings is 1. The van der Waals surface area contributed by atoms with Gasteiger partial charge in [0, 0.05) is 38.3 Å². The van der Waals surface area contributed by atoms with Gasteiger partial charge in [-0.05, 0) is 37.8 Å². The number of imidazole rings is 1. The Kier molecular flexibility index (Phi) is 6.14. The van der Waals surface area contributed by atoms with Gasteiger partial charge in [-0.2, -0.15) is 0 Å². The third kappa shape index (κ3) is 3.73. The van der Waals surface area contributed by atoms with Gasteiger partial charge in [-0.1, -0.05) is 12.1 Å². The number of hydrogen-bond donors (Lipinski definition) is 1. The van der Waals surface area contributed by atoms with Gasteiger partial charge in [0.15, 0.2) is 0 Å². The monoisotopic (exact) mass is 398 g/mol. The molecule has 4 heterocycles. The zero-order valence-corrected chi connectivity index (χ0v) is 16.6. The average molecular weight is 399 g/mol. The summed E-state index contributed by atoms with van der Waals surface area (Å²) in [5.41, 5.74) is 2.43. The molecule has 3 atom stereocenters. The summed E-state index contributed by atoms with van der Waals surface area (Å²) in [7, 11) is 0. The Labute approximate surface area is 167 Å². The molecule has 0 saturated carbocycles. The minimum absolute atomic E-state index is 0. The van der Waals surface area contributed by atoms with Crippen LogP contribution in [0.1, 0.15) is 25.7 Å². The molecular formula is C19H28Cl2N4O. The number of nitrogens with one attached hydrogen (secondary N) is 1. The van der Waals surface area contributed by atoms with E-state index in [1.165, 1.54) is 31.2 Å². The fourth-order valence-corrected chi connectivity index (χ4v) is 5.00. The maximum Gasteiger partial charge on any atom is 0.0958 e. The molecule has 7 heteroatoms. The van der Waals surface area contributed by atoms with Crippen LogP contribution in [0.5, 0.6) is 0 Å². The Morgan fingerprint density at radius 2 is 1.88 bits per heavy atom. The number of benzene rings is 1. The summed E-state index contributed by atoms with van der Waals surface area (Å²) in [5.74, 6) is 0. The zero-order valence-electron chi connectivity index (χ0n) is 15.0. The van der Waals surface area contributed by atoms with Crippen LogP contribution in [-0.4, -0.2) is 58.4 Å². The van der Waals surface area contributed by atoms with Crippen LogP contribution in [0, 0.1) is 0 Å². The number of para-hydroxylation sites is 2. The van der Waals surface area contributed by atoms with Crippen LogP contribution in [0.2, 0.25) is 0 Å². The highest BCUT2D eigenvalue weighted by atomic mass is 35.5. The first-order valence-corrected chi connectivity index (χ1v) is 9.32. The fraction of sp³-hybridized carbons (Fsp3) is 0.632. The van der Waals surface area contributed by atoms with Gasteiger partial charge < -0.3 is 14.6 Å². The van der Waals surface area contributed by atoms with Gasteiger partial charge in [-0.25, -0.2) is 4.98 Å². The van der Waals surface area contributed by atoms with Crippen LogP contribution in [-0.2, 0) is 11.3 Å². The molecule has 0 amide bonds. The van der Waals surface area contributed by atoms with Gasteiger partial charge in [0.25, 0.3) is 0 Å². The lowest BCUT2D eigenvalue weighted by atomic mass is 9.86. The van der Waals surface area contributed by atoms with E-state index in [1.54, 1.807) is 0 Å². The molecule has 1 unspecified atom stereocenters. The van der Waals surface area contributed by atoms with E-state index in [9.17, 15) is 0 Å². The number of hydrogen-bond acceptors (Lipinski definition) is 4. The van der Waals surface area contributed by atoms with Crippen LogP contribution in [0.3, 0.4) is 0 Å². The van der Waals surface area contributed by atoms with Crippen LogP contribution in [0.4, 0.5) is 0 Å². The Bertz CT molecular complexity index is 725. The van der Waals surface area contributed by atoms with Crippen molar-refractivity contribution in [1.29, 1.82) is 0 Å². The molecule has 1 aromatic carbocycles. The number of halogens is 2. The second kappa shape index (κ2) is 8.03. The Hall–Kier alpha value is -0.850. The van der Waals surface area contributed by atoms with Crippen molar-refractivity contribution in [1.82, 2.24) is 19.8 Å². The van der Waals surface area contributed by atoms with E-state index >= 15 is 0 Å². The predicted molar refractivity (Wildman–Crippen MR) is 109 cm³/mol. The van der Waals surface area contributed by atoms with E-state index in [0.29, 0.717) is 12.1 Å². The second-order valence-electron chi connectivity index (χ2n) is 7.78. The largest absolute Gasteiger partial charge is 0.372 e. The maximum absolute atomic E-state index is 6.32. The third-order valence-electron chi connectivity index (χ3n) is 6.08. The molecule has 26 heavy (non-hydrogen) atoms. The summed E-state index contributed by atoms with van der Waals surface area (Å²) in [6.07, 6.45) is 7.02. The minimum atomic E-state index is 0. The molecule has 0 radical (unpaired) electrons. The lowest BCUT2D eigenvalue weighted by Crippen LogP contribution is -2.59. The average Bonchev–Trinajstić information content (AvgIpc) is 3.16. The molecule has 3 saturated heterocycles. The smallest absolute Gasteiger partial charge is 0.0958 e. The lowest BCUT2D eigenvalue weighted by molar-refractivity contribution is -0.131. The number of aromatic nitrogens is 2. The van der Waals surface area contributed by atoms with Crippen molar-refractivity contribution < 1.29 is 4.74 Å². The first kappa shape index (κ1) is 19.9. The highest BCUT2D eigenvalue weighted by Gasteiger charge is 2.46. The molecular weight excluding hydrogens is 371 g/mol. The van der Waals surface area contributed by atoms with Gasteiger partial charge in [0.2, 0.25) is 0 Å². The van der Waals surface area contributed by atoms with Crippen molar-refractivity contribution in [3.63, 3.8) is 0 Å². The summed E-state index contributed by atoms with van der Waals surface area (Å²) < 4.78 is 8.61. The quantitative estimate of drug-likeness (QED) is 0.862. The summed E-state index contributed by atoms with van der Waals surface area (Å²) >= 11 is 0. The van der Waals surface area contributed by atoms with E-state index in [2.05, 4.69) is 44.0 Å².